The average Bonchev–Trinajstić information content (AvgIpc) is 2.54. The summed E-state index contributed by atoms with van der Waals surface area (Å²) in [6, 6.07) is 12.8. The van der Waals surface area contributed by atoms with E-state index in [0.29, 0.717) is 24.5 Å². The van der Waals surface area contributed by atoms with Crippen LogP contribution in [-0.4, -0.2) is 30.1 Å². The average molecular weight is 313 g/mol. The van der Waals surface area contributed by atoms with Crippen molar-refractivity contribution in [1.29, 1.82) is 0 Å². The maximum Gasteiger partial charge on any atom is 0.251 e. The van der Waals surface area contributed by atoms with E-state index in [4.69, 9.17) is 10.5 Å². The topological polar surface area (TPSA) is 77.2 Å². The van der Waals surface area contributed by atoms with E-state index in [9.17, 15) is 4.79 Å². The number of hydrogen-bond acceptors (Lipinski definition) is 4. The monoisotopic (exact) mass is 313 g/mol. The van der Waals surface area contributed by atoms with Crippen LogP contribution in [-0.2, 0) is 4.74 Å². The number of carbonyl (C=O) groups is 1. The number of amides is 1. The number of ether oxygens (including phenoxy) is 1. The first-order valence-electron chi connectivity index (χ1n) is 7.79. The third-order valence-electron chi connectivity index (χ3n) is 3.25. The maximum absolute atomic E-state index is 12.2. The Bertz CT molecular complexity index is 656. The van der Waals surface area contributed by atoms with Crippen LogP contribution in [0, 0.1) is 0 Å². The fourth-order valence-electron chi connectivity index (χ4n) is 2.13. The lowest BCUT2D eigenvalue weighted by Gasteiger charge is -2.09. The molecule has 2 rings (SSSR count). The number of aromatic nitrogens is 1. The van der Waals surface area contributed by atoms with Crippen molar-refractivity contribution in [2.45, 2.75) is 26.4 Å². The molecule has 0 fully saturated rings. The van der Waals surface area contributed by atoms with Gasteiger partial charge in [0.05, 0.1) is 11.8 Å². The summed E-state index contributed by atoms with van der Waals surface area (Å²) in [5.41, 5.74) is 7.94. The second-order valence-electron chi connectivity index (χ2n) is 5.56. The van der Waals surface area contributed by atoms with Gasteiger partial charge in [-0.3, -0.25) is 4.79 Å². The summed E-state index contributed by atoms with van der Waals surface area (Å²) < 4.78 is 5.45. The first-order valence-corrected chi connectivity index (χ1v) is 7.79. The van der Waals surface area contributed by atoms with Crippen LogP contribution < -0.4 is 11.1 Å². The van der Waals surface area contributed by atoms with Crippen LogP contribution >= 0.6 is 0 Å². The largest absolute Gasteiger partial charge is 0.384 e. The van der Waals surface area contributed by atoms with Crippen molar-refractivity contribution in [1.82, 2.24) is 10.3 Å². The fraction of sp³-hybridized carbons (Fsp3) is 0.333. The van der Waals surface area contributed by atoms with Gasteiger partial charge in [-0.2, -0.15) is 0 Å². The Balaban J connectivity index is 1.95. The SMILES string of the molecule is CC(C)OCCCNC(=O)c1cccc(-c2cccc(N)n2)c1. The summed E-state index contributed by atoms with van der Waals surface area (Å²) in [5.74, 6) is 0.364. The Morgan fingerprint density at radius 2 is 2.04 bits per heavy atom. The normalized spacial score (nSPS) is 10.7. The van der Waals surface area contributed by atoms with Crippen LogP contribution in [0.4, 0.5) is 5.82 Å². The molecule has 1 amide bonds. The zero-order chi connectivity index (χ0) is 16.7. The highest BCUT2D eigenvalue weighted by molar-refractivity contribution is 5.95. The minimum Gasteiger partial charge on any atom is -0.384 e. The minimum absolute atomic E-state index is 0.0969. The summed E-state index contributed by atoms with van der Waals surface area (Å²) in [6.45, 7) is 5.22. The number of nitrogens with two attached hydrogens (primary N) is 1. The number of hydrogen-bond donors (Lipinski definition) is 2. The van der Waals surface area contributed by atoms with Crippen LogP contribution in [0.2, 0.25) is 0 Å². The minimum atomic E-state index is -0.0969. The molecule has 0 saturated heterocycles. The van der Waals surface area contributed by atoms with Gasteiger partial charge < -0.3 is 15.8 Å². The van der Waals surface area contributed by atoms with Gasteiger partial charge in [0.1, 0.15) is 5.82 Å². The third kappa shape index (κ3) is 5.38. The number of benzene rings is 1. The lowest BCUT2D eigenvalue weighted by molar-refractivity contribution is 0.0757. The molecule has 5 heteroatoms. The third-order valence-corrected chi connectivity index (χ3v) is 3.25. The van der Waals surface area contributed by atoms with E-state index in [2.05, 4.69) is 10.3 Å². The molecule has 3 N–H and O–H groups in total. The molecule has 0 atom stereocenters. The first kappa shape index (κ1) is 17.0. The molecule has 5 nitrogen and oxygen atoms in total. The molecule has 23 heavy (non-hydrogen) atoms. The number of carbonyl (C=O) groups excluding carboxylic acids is 1. The number of rotatable bonds is 7. The van der Waals surface area contributed by atoms with Gasteiger partial charge in [0.25, 0.3) is 5.91 Å². The predicted molar refractivity (Wildman–Crippen MR) is 92.1 cm³/mol. The smallest absolute Gasteiger partial charge is 0.251 e. The van der Waals surface area contributed by atoms with E-state index in [-0.39, 0.29) is 12.0 Å². The van der Waals surface area contributed by atoms with E-state index in [1.54, 1.807) is 12.1 Å². The van der Waals surface area contributed by atoms with Crippen molar-refractivity contribution in [3.05, 3.63) is 48.0 Å². The summed E-state index contributed by atoms with van der Waals surface area (Å²) >= 11 is 0. The van der Waals surface area contributed by atoms with E-state index in [1.807, 2.05) is 44.2 Å². The summed E-state index contributed by atoms with van der Waals surface area (Å²) in [4.78, 5) is 16.5. The number of pyridine rings is 1. The molecule has 1 heterocycles. The number of nitrogens with one attached hydrogen (secondary N) is 1. The molecule has 1 aromatic heterocycles. The molecular weight excluding hydrogens is 290 g/mol. The van der Waals surface area contributed by atoms with Crippen molar-refractivity contribution < 1.29 is 9.53 Å². The van der Waals surface area contributed by atoms with Crippen molar-refractivity contribution in [3.8, 4) is 11.3 Å². The second kappa shape index (κ2) is 8.29. The molecule has 2 aromatic rings. The highest BCUT2D eigenvalue weighted by Crippen LogP contribution is 2.19. The number of anilines is 1. The van der Waals surface area contributed by atoms with E-state index < -0.39 is 0 Å². The van der Waals surface area contributed by atoms with Crippen LogP contribution in [0.3, 0.4) is 0 Å². The zero-order valence-electron chi connectivity index (χ0n) is 13.6. The van der Waals surface area contributed by atoms with Gasteiger partial charge >= 0.3 is 0 Å². The summed E-state index contributed by atoms with van der Waals surface area (Å²) in [6.07, 6.45) is 1.01. The molecule has 0 radical (unpaired) electrons. The Labute approximate surface area is 136 Å². The van der Waals surface area contributed by atoms with Crippen molar-refractivity contribution in [2.75, 3.05) is 18.9 Å². The van der Waals surface area contributed by atoms with Crippen LogP contribution in [0.1, 0.15) is 30.6 Å². The van der Waals surface area contributed by atoms with Gasteiger partial charge in [0.2, 0.25) is 0 Å². The fourth-order valence-corrected chi connectivity index (χ4v) is 2.13. The second-order valence-corrected chi connectivity index (χ2v) is 5.56. The molecule has 0 spiro atoms. The predicted octanol–water partition coefficient (Wildman–Crippen LogP) is 2.88. The van der Waals surface area contributed by atoms with Crippen LogP contribution in [0.5, 0.6) is 0 Å². The highest BCUT2D eigenvalue weighted by Gasteiger charge is 2.07. The summed E-state index contributed by atoms with van der Waals surface area (Å²) in [7, 11) is 0. The van der Waals surface area contributed by atoms with Crippen molar-refractivity contribution in [3.63, 3.8) is 0 Å². The molecular formula is C18H23N3O2. The molecule has 0 aliphatic carbocycles. The van der Waals surface area contributed by atoms with Crippen LogP contribution in [0.25, 0.3) is 11.3 Å². The van der Waals surface area contributed by atoms with Gasteiger partial charge in [0, 0.05) is 24.3 Å². The number of nitrogens with zero attached hydrogens (tertiary/aromatic N) is 1. The Hall–Kier alpha value is -2.40. The van der Waals surface area contributed by atoms with Gasteiger partial charge in [-0.25, -0.2) is 4.98 Å². The molecule has 1 aromatic carbocycles. The lowest BCUT2D eigenvalue weighted by atomic mass is 10.1. The van der Waals surface area contributed by atoms with Gasteiger partial charge in [-0.05, 0) is 44.5 Å². The maximum atomic E-state index is 12.2. The van der Waals surface area contributed by atoms with Gasteiger partial charge in [0.15, 0.2) is 0 Å². The molecule has 0 aliphatic heterocycles. The lowest BCUT2D eigenvalue weighted by Crippen LogP contribution is -2.25. The molecule has 0 unspecified atom stereocenters. The van der Waals surface area contributed by atoms with Crippen LogP contribution in [0.15, 0.2) is 42.5 Å². The Morgan fingerprint density at radius 1 is 1.26 bits per heavy atom. The highest BCUT2D eigenvalue weighted by atomic mass is 16.5. The molecule has 0 bridgehead atoms. The summed E-state index contributed by atoms with van der Waals surface area (Å²) in [5, 5.41) is 2.90. The number of nitrogen functional groups attached to an aromatic ring is 1. The molecule has 0 aliphatic rings. The molecule has 0 saturated carbocycles. The standard InChI is InChI=1S/C18H23N3O2/c1-13(2)23-11-5-10-20-18(22)15-7-3-6-14(12-15)16-8-4-9-17(19)21-16/h3-4,6-9,12-13H,5,10-11H2,1-2H3,(H2,19,21)(H,20,22). The first-order chi connectivity index (χ1) is 11.1. The molecule has 122 valence electrons. The Kier molecular flexibility index (Phi) is 6.11. The van der Waals surface area contributed by atoms with Crippen molar-refractivity contribution >= 4 is 11.7 Å². The van der Waals surface area contributed by atoms with E-state index in [1.165, 1.54) is 0 Å². The van der Waals surface area contributed by atoms with E-state index >= 15 is 0 Å². The quantitative estimate of drug-likeness (QED) is 0.771. The van der Waals surface area contributed by atoms with Gasteiger partial charge in [-0.15, -0.1) is 0 Å². The van der Waals surface area contributed by atoms with E-state index in [0.717, 1.165) is 17.7 Å². The Morgan fingerprint density at radius 3 is 2.78 bits per heavy atom. The van der Waals surface area contributed by atoms with Gasteiger partial charge in [-0.1, -0.05) is 18.2 Å². The zero-order valence-corrected chi connectivity index (χ0v) is 13.6. The van der Waals surface area contributed by atoms with Crippen molar-refractivity contribution in [2.24, 2.45) is 0 Å².